The van der Waals surface area contributed by atoms with Crippen LogP contribution in [0.5, 0.6) is 5.88 Å². The highest BCUT2D eigenvalue weighted by molar-refractivity contribution is 9.09. The Bertz CT molecular complexity index is 292. The van der Waals surface area contributed by atoms with Gasteiger partial charge in [0.1, 0.15) is 0 Å². The third-order valence-corrected chi connectivity index (χ3v) is 2.11. The minimum atomic E-state index is -0.258. The fourth-order valence-electron chi connectivity index (χ4n) is 0.953. The molecule has 0 radical (unpaired) electrons. The highest BCUT2D eigenvalue weighted by atomic mass is 79.9. The van der Waals surface area contributed by atoms with Gasteiger partial charge in [0, 0.05) is 11.9 Å². The minimum absolute atomic E-state index is 0.00886. The molecule has 0 bridgehead atoms. The van der Waals surface area contributed by atoms with Crippen LogP contribution in [-0.2, 0) is 6.54 Å². The molecule has 5 heteroatoms. The van der Waals surface area contributed by atoms with Crippen LogP contribution in [0.1, 0.15) is 12.8 Å². The number of aryl methyl sites for hydroxylation is 1. The number of unbranched alkanes of at least 4 members (excludes halogenated alkanes) is 1. The normalized spacial score (nSPS) is 10.4. The lowest BCUT2D eigenvalue weighted by Gasteiger charge is -2.01. The average Bonchev–Trinajstić information content (AvgIpc) is 2.31. The zero-order chi connectivity index (χ0) is 8.97. The van der Waals surface area contributed by atoms with Crippen LogP contribution >= 0.6 is 15.9 Å². The first-order valence-electron chi connectivity index (χ1n) is 3.79. The molecule has 4 nitrogen and oxygen atoms in total. The predicted molar refractivity (Wildman–Crippen MR) is 49.7 cm³/mol. The van der Waals surface area contributed by atoms with Crippen LogP contribution in [0.25, 0.3) is 0 Å². The molecule has 0 aliphatic heterocycles. The summed E-state index contributed by atoms with van der Waals surface area (Å²) >= 11 is 3.30. The van der Waals surface area contributed by atoms with E-state index in [9.17, 15) is 4.79 Å². The van der Waals surface area contributed by atoms with Gasteiger partial charge < -0.3 is 5.11 Å². The van der Waals surface area contributed by atoms with Gasteiger partial charge in [0.05, 0.1) is 6.07 Å². The lowest BCUT2D eigenvalue weighted by atomic mass is 10.3. The van der Waals surface area contributed by atoms with Crippen LogP contribution in [0, 0.1) is 0 Å². The van der Waals surface area contributed by atoms with Gasteiger partial charge in [0.2, 0.25) is 5.88 Å². The number of H-pyrrole nitrogens is 1. The number of hydrogen-bond acceptors (Lipinski definition) is 2. The lowest BCUT2D eigenvalue weighted by molar-refractivity contribution is 0.393. The zero-order valence-electron chi connectivity index (χ0n) is 6.59. The monoisotopic (exact) mass is 234 g/mol. The van der Waals surface area contributed by atoms with Crippen LogP contribution in [-0.4, -0.2) is 20.2 Å². The fourth-order valence-corrected chi connectivity index (χ4v) is 1.35. The van der Waals surface area contributed by atoms with Crippen molar-refractivity contribution in [3.8, 4) is 5.88 Å². The van der Waals surface area contributed by atoms with Crippen molar-refractivity contribution in [3.63, 3.8) is 0 Å². The molecule has 1 aromatic rings. The van der Waals surface area contributed by atoms with Gasteiger partial charge in [-0.1, -0.05) is 15.9 Å². The van der Waals surface area contributed by atoms with Gasteiger partial charge in [-0.15, -0.1) is 0 Å². The van der Waals surface area contributed by atoms with Gasteiger partial charge >= 0.3 is 0 Å². The molecule has 68 valence electrons. The molecule has 12 heavy (non-hydrogen) atoms. The Kier molecular flexibility index (Phi) is 3.40. The van der Waals surface area contributed by atoms with Crippen molar-refractivity contribution in [3.05, 3.63) is 16.4 Å². The van der Waals surface area contributed by atoms with Gasteiger partial charge in [-0.05, 0) is 12.8 Å². The van der Waals surface area contributed by atoms with Crippen LogP contribution in [0.4, 0.5) is 0 Å². The second-order valence-electron chi connectivity index (χ2n) is 2.53. The van der Waals surface area contributed by atoms with E-state index in [0.717, 1.165) is 18.2 Å². The molecule has 0 atom stereocenters. The number of aromatic nitrogens is 2. The second-order valence-corrected chi connectivity index (χ2v) is 3.32. The standard InChI is InChI=1S/C7H11BrN2O2/c8-3-1-2-4-10-7(12)5-6(11)9-10/h5,12H,1-4H2,(H,9,11). The van der Waals surface area contributed by atoms with Gasteiger partial charge in [-0.3, -0.25) is 14.6 Å². The molecule has 0 amide bonds. The van der Waals surface area contributed by atoms with Gasteiger partial charge in [0.15, 0.2) is 0 Å². The first kappa shape index (κ1) is 9.38. The molecule has 2 N–H and O–H groups in total. The van der Waals surface area contributed by atoms with Crippen LogP contribution in [0.15, 0.2) is 10.9 Å². The first-order valence-corrected chi connectivity index (χ1v) is 4.91. The largest absolute Gasteiger partial charge is 0.493 e. The number of aromatic hydroxyl groups is 1. The SMILES string of the molecule is O=c1cc(O)n(CCCCBr)[nH]1. The van der Waals surface area contributed by atoms with Crippen LogP contribution in [0.3, 0.4) is 0 Å². The second kappa shape index (κ2) is 4.35. The third-order valence-electron chi connectivity index (χ3n) is 1.55. The molecular weight excluding hydrogens is 224 g/mol. The molecule has 0 saturated carbocycles. The third kappa shape index (κ3) is 2.41. The van der Waals surface area contributed by atoms with Gasteiger partial charge in [-0.2, -0.15) is 0 Å². The average molecular weight is 235 g/mol. The van der Waals surface area contributed by atoms with Gasteiger partial charge in [0.25, 0.3) is 5.56 Å². The molecular formula is C7H11BrN2O2. The fraction of sp³-hybridized carbons (Fsp3) is 0.571. The maximum absolute atomic E-state index is 10.7. The Balaban J connectivity index is 2.51. The molecule has 1 aromatic heterocycles. The molecule has 1 heterocycles. The Morgan fingerprint density at radius 3 is 2.83 bits per heavy atom. The van der Waals surface area contributed by atoms with Crippen molar-refractivity contribution >= 4 is 15.9 Å². The van der Waals surface area contributed by atoms with E-state index in [1.807, 2.05) is 0 Å². The first-order chi connectivity index (χ1) is 5.74. The summed E-state index contributed by atoms with van der Waals surface area (Å²) in [6.07, 6.45) is 1.96. The van der Waals surface area contributed by atoms with E-state index in [-0.39, 0.29) is 11.4 Å². The lowest BCUT2D eigenvalue weighted by Crippen LogP contribution is -2.05. The van der Waals surface area contributed by atoms with E-state index in [4.69, 9.17) is 5.11 Å². The number of nitrogens with zero attached hydrogens (tertiary/aromatic N) is 1. The maximum atomic E-state index is 10.7. The van der Waals surface area contributed by atoms with Crippen LogP contribution in [0.2, 0.25) is 0 Å². The van der Waals surface area contributed by atoms with E-state index in [0.29, 0.717) is 6.54 Å². The quantitative estimate of drug-likeness (QED) is 0.605. The summed E-state index contributed by atoms with van der Waals surface area (Å²) in [5.74, 6) is 0.00886. The van der Waals surface area contributed by atoms with Crippen molar-refractivity contribution < 1.29 is 5.11 Å². The van der Waals surface area contributed by atoms with Crippen molar-refractivity contribution in [1.29, 1.82) is 0 Å². The Morgan fingerprint density at radius 1 is 1.58 bits per heavy atom. The van der Waals surface area contributed by atoms with Crippen molar-refractivity contribution in [2.24, 2.45) is 0 Å². The van der Waals surface area contributed by atoms with Crippen molar-refractivity contribution in [1.82, 2.24) is 9.78 Å². The molecule has 0 aliphatic carbocycles. The van der Waals surface area contributed by atoms with E-state index in [1.54, 1.807) is 0 Å². The molecule has 0 fully saturated rings. The van der Waals surface area contributed by atoms with Crippen molar-refractivity contribution in [2.45, 2.75) is 19.4 Å². The molecule has 1 rings (SSSR count). The molecule has 0 aliphatic rings. The summed E-state index contributed by atoms with van der Waals surface area (Å²) in [5.41, 5.74) is -0.258. The number of halogens is 1. The molecule has 0 spiro atoms. The summed E-state index contributed by atoms with van der Waals surface area (Å²) < 4.78 is 1.45. The Morgan fingerprint density at radius 2 is 2.33 bits per heavy atom. The minimum Gasteiger partial charge on any atom is -0.493 e. The van der Waals surface area contributed by atoms with E-state index in [1.165, 1.54) is 10.7 Å². The number of alkyl halides is 1. The van der Waals surface area contributed by atoms with E-state index < -0.39 is 0 Å². The zero-order valence-corrected chi connectivity index (χ0v) is 8.17. The van der Waals surface area contributed by atoms with Crippen LogP contribution < -0.4 is 5.56 Å². The van der Waals surface area contributed by atoms with E-state index in [2.05, 4.69) is 21.0 Å². The van der Waals surface area contributed by atoms with E-state index >= 15 is 0 Å². The van der Waals surface area contributed by atoms with Crippen molar-refractivity contribution in [2.75, 3.05) is 5.33 Å². The topological polar surface area (TPSA) is 58.0 Å². The highest BCUT2D eigenvalue weighted by Crippen LogP contribution is 2.05. The summed E-state index contributed by atoms with van der Waals surface area (Å²) in [4.78, 5) is 10.7. The Hall–Kier alpha value is -0.710. The summed E-state index contributed by atoms with van der Waals surface area (Å²) in [6.45, 7) is 0.652. The highest BCUT2D eigenvalue weighted by Gasteiger charge is 2.00. The number of hydrogen-bond donors (Lipinski definition) is 2. The Labute approximate surface area is 78.3 Å². The number of rotatable bonds is 4. The van der Waals surface area contributed by atoms with Gasteiger partial charge in [-0.25, -0.2) is 0 Å². The predicted octanol–water partition coefficient (Wildman–Crippen LogP) is 1.06. The summed E-state index contributed by atoms with van der Waals surface area (Å²) in [6, 6.07) is 1.17. The molecule has 0 saturated heterocycles. The number of aromatic amines is 1. The smallest absolute Gasteiger partial charge is 0.267 e. The molecule has 0 aromatic carbocycles. The number of nitrogens with one attached hydrogen (secondary N) is 1. The molecule has 0 unspecified atom stereocenters. The maximum Gasteiger partial charge on any atom is 0.267 e. The summed E-state index contributed by atoms with van der Waals surface area (Å²) in [5, 5.41) is 12.6. The summed E-state index contributed by atoms with van der Waals surface area (Å²) in [7, 11) is 0.